The van der Waals surface area contributed by atoms with E-state index in [1.165, 1.54) is 0 Å². The average molecular weight is 310 g/mol. The Morgan fingerprint density at radius 3 is 2.75 bits per heavy atom. The topological polar surface area (TPSA) is 0 Å². The maximum absolute atomic E-state index is 5.90. The summed E-state index contributed by atoms with van der Waals surface area (Å²) in [6.45, 7) is 0. The van der Waals surface area contributed by atoms with Crippen LogP contribution >= 0.6 is 43.5 Å². The van der Waals surface area contributed by atoms with Gasteiger partial charge in [-0.1, -0.05) is 45.7 Å². The van der Waals surface area contributed by atoms with E-state index in [1.807, 2.05) is 30.4 Å². The Hall–Kier alpha value is 0.210. The molecule has 1 rings (SSSR count). The summed E-state index contributed by atoms with van der Waals surface area (Å²) in [6.07, 6.45) is 4.05. The molecule has 0 amide bonds. The van der Waals surface area contributed by atoms with Gasteiger partial charge in [-0.15, -0.1) is 0 Å². The van der Waals surface area contributed by atoms with Crippen LogP contribution in [0.4, 0.5) is 0 Å². The van der Waals surface area contributed by atoms with Crippen molar-refractivity contribution >= 4 is 49.5 Å². The normalized spacial score (nSPS) is 10.9. The lowest BCUT2D eigenvalue weighted by Gasteiger charge is -1.96. The number of alkyl halides is 1. The molecule has 0 heterocycles. The van der Waals surface area contributed by atoms with E-state index in [1.54, 1.807) is 0 Å². The highest BCUT2D eigenvalue weighted by Gasteiger charge is 1.95. The minimum Gasteiger partial charge on any atom is -0.0883 e. The molecule has 1 aromatic carbocycles. The third kappa shape index (κ3) is 2.92. The molecule has 0 fully saturated rings. The summed E-state index contributed by atoms with van der Waals surface area (Å²) >= 11 is 12.5. The van der Waals surface area contributed by atoms with E-state index in [-0.39, 0.29) is 0 Å². The van der Waals surface area contributed by atoms with Crippen LogP contribution in [0.2, 0.25) is 5.02 Å². The van der Waals surface area contributed by atoms with Crippen LogP contribution in [0, 0.1) is 0 Å². The van der Waals surface area contributed by atoms with Gasteiger partial charge in [-0.05, 0) is 33.6 Å². The third-order valence-electron chi connectivity index (χ3n) is 1.34. The van der Waals surface area contributed by atoms with Crippen LogP contribution in [0.1, 0.15) is 5.56 Å². The zero-order chi connectivity index (χ0) is 8.97. The van der Waals surface area contributed by atoms with Crippen molar-refractivity contribution in [2.75, 3.05) is 5.33 Å². The van der Waals surface area contributed by atoms with Gasteiger partial charge in [0.15, 0.2) is 0 Å². The van der Waals surface area contributed by atoms with Crippen LogP contribution in [-0.2, 0) is 0 Å². The van der Waals surface area contributed by atoms with Crippen molar-refractivity contribution in [1.29, 1.82) is 0 Å². The maximum Gasteiger partial charge on any atom is 0.0554 e. The van der Waals surface area contributed by atoms with Crippen LogP contribution in [-0.4, -0.2) is 5.33 Å². The molecule has 0 saturated heterocycles. The van der Waals surface area contributed by atoms with Gasteiger partial charge in [0.25, 0.3) is 0 Å². The molecule has 0 N–H and O–H groups in total. The van der Waals surface area contributed by atoms with Crippen molar-refractivity contribution in [2.45, 2.75) is 0 Å². The zero-order valence-electron chi connectivity index (χ0n) is 6.23. The predicted molar refractivity (Wildman–Crippen MR) is 62.0 cm³/mol. The monoisotopic (exact) mass is 308 g/mol. The summed E-state index contributed by atoms with van der Waals surface area (Å²) in [4.78, 5) is 0. The Labute approximate surface area is 93.9 Å². The number of hydrogen-bond donors (Lipinski definition) is 0. The van der Waals surface area contributed by atoms with Crippen LogP contribution in [0.5, 0.6) is 0 Å². The van der Waals surface area contributed by atoms with Crippen LogP contribution < -0.4 is 0 Å². The molecular weight excluding hydrogens is 303 g/mol. The molecule has 0 radical (unpaired) electrons. The van der Waals surface area contributed by atoms with Crippen LogP contribution in [0.3, 0.4) is 0 Å². The summed E-state index contributed by atoms with van der Waals surface area (Å²) in [5, 5.41) is 1.60. The molecule has 64 valence electrons. The van der Waals surface area contributed by atoms with Gasteiger partial charge < -0.3 is 0 Å². The number of benzene rings is 1. The first-order valence-corrected chi connectivity index (χ1v) is 5.71. The van der Waals surface area contributed by atoms with E-state index in [0.717, 1.165) is 20.4 Å². The summed E-state index contributed by atoms with van der Waals surface area (Å²) in [6, 6.07) is 5.87. The van der Waals surface area contributed by atoms with Gasteiger partial charge in [-0.2, -0.15) is 0 Å². The minimum atomic E-state index is 0.742. The van der Waals surface area contributed by atoms with Gasteiger partial charge in [0.1, 0.15) is 0 Å². The fourth-order valence-corrected chi connectivity index (χ4v) is 1.42. The van der Waals surface area contributed by atoms with Gasteiger partial charge in [0.2, 0.25) is 0 Å². The molecule has 12 heavy (non-hydrogen) atoms. The number of halogens is 3. The van der Waals surface area contributed by atoms with E-state index in [2.05, 4.69) is 31.9 Å². The molecule has 1 aromatic rings. The van der Waals surface area contributed by atoms with Crippen molar-refractivity contribution in [3.63, 3.8) is 0 Å². The van der Waals surface area contributed by atoms with Crippen molar-refractivity contribution < 1.29 is 0 Å². The predicted octanol–water partition coefficient (Wildman–Crippen LogP) is 4.51. The fourth-order valence-electron chi connectivity index (χ4n) is 0.797. The Balaban J connectivity index is 2.89. The summed E-state index contributed by atoms with van der Waals surface area (Å²) in [5.41, 5.74) is 1.11. The minimum absolute atomic E-state index is 0.742. The number of allylic oxidation sites excluding steroid dienone is 1. The van der Waals surface area contributed by atoms with Crippen LogP contribution in [0.15, 0.2) is 28.7 Å². The molecule has 0 saturated carbocycles. The smallest absolute Gasteiger partial charge is 0.0554 e. The first kappa shape index (κ1) is 10.3. The van der Waals surface area contributed by atoms with Gasteiger partial charge in [0.05, 0.1) is 5.02 Å². The first-order valence-electron chi connectivity index (χ1n) is 3.41. The van der Waals surface area contributed by atoms with Crippen molar-refractivity contribution in [1.82, 2.24) is 0 Å². The SMILES string of the molecule is Clc1cc(/C=C/CBr)ccc1Br. The van der Waals surface area contributed by atoms with E-state index in [4.69, 9.17) is 11.6 Å². The van der Waals surface area contributed by atoms with Crippen molar-refractivity contribution in [2.24, 2.45) is 0 Å². The summed E-state index contributed by atoms with van der Waals surface area (Å²) < 4.78 is 0.931. The lowest BCUT2D eigenvalue weighted by Crippen LogP contribution is -1.73. The van der Waals surface area contributed by atoms with E-state index < -0.39 is 0 Å². The molecule has 0 unspecified atom stereocenters. The lowest BCUT2D eigenvalue weighted by atomic mass is 10.2. The molecule has 0 aliphatic heterocycles. The van der Waals surface area contributed by atoms with E-state index in [9.17, 15) is 0 Å². The lowest BCUT2D eigenvalue weighted by molar-refractivity contribution is 1.60. The molecule has 0 nitrogen and oxygen atoms in total. The average Bonchev–Trinajstić information content (AvgIpc) is 2.07. The van der Waals surface area contributed by atoms with Crippen LogP contribution in [0.25, 0.3) is 6.08 Å². The Bertz CT molecular complexity index is 295. The highest BCUT2D eigenvalue weighted by molar-refractivity contribution is 9.10. The Kier molecular flexibility index (Phi) is 4.33. The zero-order valence-corrected chi connectivity index (χ0v) is 10.2. The molecule has 0 aliphatic rings. The first-order chi connectivity index (χ1) is 5.74. The standard InChI is InChI=1S/C9H7Br2Cl/c10-5-1-2-7-3-4-8(11)9(12)6-7/h1-4,6H,5H2/b2-1+. The molecule has 0 aromatic heterocycles. The van der Waals surface area contributed by atoms with E-state index in [0.29, 0.717) is 0 Å². The second-order valence-corrected chi connectivity index (χ2v) is 4.14. The molecule has 0 spiro atoms. The summed E-state index contributed by atoms with van der Waals surface area (Å²) in [7, 11) is 0. The van der Waals surface area contributed by atoms with Gasteiger partial charge in [-0.25, -0.2) is 0 Å². The molecule has 0 atom stereocenters. The third-order valence-corrected chi connectivity index (χ3v) is 2.95. The fraction of sp³-hybridized carbons (Fsp3) is 0.111. The summed E-state index contributed by atoms with van der Waals surface area (Å²) in [5.74, 6) is 0. The van der Waals surface area contributed by atoms with Gasteiger partial charge in [0, 0.05) is 9.80 Å². The largest absolute Gasteiger partial charge is 0.0883 e. The molecular formula is C9H7Br2Cl. The highest BCUT2D eigenvalue weighted by Crippen LogP contribution is 2.23. The second-order valence-electron chi connectivity index (χ2n) is 2.23. The highest BCUT2D eigenvalue weighted by atomic mass is 79.9. The second kappa shape index (κ2) is 5.05. The molecule has 3 heteroatoms. The van der Waals surface area contributed by atoms with Crippen molar-refractivity contribution in [3.8, 4) is 0 Å². The maximum atomic E-state index is 5.90. The Morgan fingerprint density at radius 1 is 1.42 bits per heavy atom. The Morgan fingerprint density at radius 2 is 2.17 bits per heavy atom. The molecule has 0 bridgehead atoms. The van der Waals surface area contributed by atoms with Gasteiger partial charge >= 0.3 is 0 Å². The van der Waals surface area contributed by atoms with Gasteiger partial charge in [-0.3, -0.25) is 0 Å². The number of hydrogen-bond acceptors (Lipinski definition) is 0. The molecule has 0 aliphatic carbocycles. The quantitative estimate of drug-likeness (QED) is 0.705. The van der Waals surface area contributed by atoms with Crippen molar-refractivity contribution in [3.05, 3.63) is 39.3 Å². The van der Waals surface area contributed by atoms with E-state index >= 15 is 0 Å². The number of rotatable bonds is 2.